The number of thiazole rings is 1. The predicted molar refractivity (Wildman–Crippen MR) is 73.1 cm³/mol. The van der Waals surface area contributed by atoms with E-state index in [1.165, 1.54) is 11.3 Å². The number of nitrogens with zero attached hydrogens (tertiary/aromatic N) is 1. The van der Waals surface area contributed by atoms with E-state index in [0.29, 0.717) is 13.1 Å². The van der Waals surface area contributed by atoms with Gasteiger partial charge in [0.1, 0.15) is 0 Å². The minimum Gasteiger partial charge on any atom is -0.481 e. The maximum Gasteiger partial charge on any atom is 0.315 e. The molecule has 0 aromatic carbocycles. The molecule has 1 aromatic heterocycles. The van der Waals surface area contributed by atoms with Gasteiger partial charge in [-0.15, -0.1) is 11.3 Å². The van der Waals surface area contributed by atoms with E-state index in [4.69, 9.17) is 5.11 Å². The Balaban J connectivity index is 2.25. The summed E-state index contributed by atoms with van der Waals surface area (Å²) in [5.74, 6) is -0.872. The standard InChI is InChI=1S/C12H19N3O3S/c1-3-9(4-11(16)17)5-14-12(18)15-7-10-6-13-8(2)19-10/h6,9H,3-5,7H2,1-2H3,(H,16,17)(H2,14,15,18). The molecule has 1 rings (SSSR count). The van der Waals surface area contributed by atoms with E-state index < -0.39 is 5.97 Å². The van der Waals surface area contributed by atoms with Crippen molar-refractivity contribution in [1.29, 1.82) is 0 Å². The van der Waals surface area contributed by atoms with Crippen LogP contribution in [0, 0.1) is 12.8 Å². The van der Waals surface area contributed by atoms with Gasteiger partial charge in [-0.2, -0.15) is 0 Å². The molecular formula is C12H19N3O3S. The van der Waals surface area contributed by atoms with Gasteiger partial charge < -0.3 is 15.7 Å². The quantitative estimate of drug-likeness (QED) is 0.711. The van der Waals surface area contributed by atoms with Crippen LogP contribution < -0.4 is 10.6 Å². The van der Waals surface area contributed by atoms with E-state index in [0.717, 1.165) is 16.3 Å². The fourth-order valence-corrected chi connectivity index (χ4v) is 2.30. The van der Waals surface area contributed by atoms with E-state index >= 15 is 0 Å². The van der Waals surface area contributed by atoms with Crippen molar-refractivity contribution in [3.8, 4) is 0 Å². The molecule has 0 fully saturated rings. The Morgan fingerprint density at radius 1 is 1.47 bits per heavy atom. The van der Waals surface area contributed by atoms with Crippen LogP contribution in [0.4, 0.5) is 4.79 Å². The maximum atomic E-state index is 11.5. The molecule has 19 heavy (non-hydrogen) atoms. The zero-order chi connectivity index (χ0) is 14.3. The normalized spacial score (nSPS) is 11.9. The molecule has 0 aliphatic rings. The Kier molecular flexibility index (Phi) is 6.27. The van der Waals surface area contributed by atoms with Gasteiger partial charge in [0.25, 0.3) is 0 Å². The lowest BCUT2D eigenvalue weighted by atomic mass is 10.0. The summed E-state index contributed by atoms with van der Waals surface area (Å²) in [6.45, 7) is 4.63. The largest absolute Gasteiger partial charge is 0.481 e. The molecule has 0 saturated heterocycles. The van der Waals surface area contributed by atoms with Crippen molar-refractivity contribution in [2.24, 2.45) is 5.92 Å². The number of rotatable bonds is 7. The summed E-state index contributed by atoms with van der Waals surface area (Å²) in [4.78, 5) is 27.2. The molecule has 0 spiro atoms. The lowest BCUT2D eigenvalue weighted by Crippen LogP contribution is -2.38. The SMILES string of the molecule is CCC(CNC(=O)NCc1cnc(C)s1)CC(=O)O. The van der Waals surface area contributed by atoms with Crippen molar-refractivity contribution in [1.82, 2.24) is 15.6 Å². The molecule has 1 atom stereocenters. The molecule has 0 aliphatic carbocycles. The van der Waals surface area contributed by atoms with Crippen LogP contribution in [0.5, 0.6) is 0 Å². The first-order chi connectivity index (χ1) is 9.01. The van der Waals surface area contributed by atoms with Crippen LogP contribution in [0.15, 0.2) is 6.20 Å². The molecule has 0 aliphatic heterocycles. The number of urea groups is 1. The number of nitrogens with one attached hydrogen (secondary N) is 2. The molecule has 0 radical (unpaired) electrons. The molecule has 7 heteroatoms. The summed E-state index contributed by atoms with van der Waals surface area (Å²) in [5, 5.41) is 15.1. The molecule has 6 nitrogen and oxygen atoms in total. The highest BCUT2D eigenvalue weighted by atomic mass is 32.1. The summed E-state index contributed by atoms with van der Waals surface area (Å²) in [6.07, 6.45) is 2.53. The summed E-state index contributed by atoms with van der Waals surface area (Å²) in [5.41, 5.74) is 0. The Hall–Kier alpha value is -1.63. The highest BCUT2D eigenvalue weighted by Gasteiger charge is 2.12. The number of amides is 2. The lowest BCUT2D eigenvalue weighted by molar-refractivity contribution is -0.138. The van der Waals surface area contributed by atoms with Crippen LogP contribution in [0.1, 0.15) is 29.7 Å². The summed E-state index contributed by atoms with van der Waals surface area (Å²) >= 11 is 1.54. The van der Waals surface area contributed by atoms with Crippen LogP contribution in [0.3, 0.4) is 0 Å². The van der Waals surface area contributed by atoms with Gasteiger partial charge in [-0.25, -0.2) is 9.78 Å². The third kappa shape index (κ3) is 6.19. The minimum atomic E-state index is -0.839. The van der Waals surface area contributed by atoms with E-state index in [9.17, 15) is 9.59 Å². The van der Waals surface area contributed by atoms with Crippen molar-refractivity contribution < 1.29 is 14.7 Å². The molecule has 1 aromatic rings. The van der Waals surface area contributed by atoms with Gasteiger partial charge in [-0.3, -0.25) is 4.79 Å². The Bertz CT molecular complexity index is 434. The van der Waals surface area contributed by atoms with E-state index in [1.807, 2.05) is 13.8 Å². The molecule has 0 bridgehead atoms. The van der Waals surface area contributed by atoms with E-state index in [2.05, 4.69) is 15.6 Å². The summed E-state index contributed by atoms with van der Waals surface area (Å²) in [7, 11) is 0. The first-order valence-electron chi connectivity index (χ1n) is 6.16. The van der Waals surface area contributed by atoms with Crippen molar-refractivity contribution in [2.75, 3.05) is 6.54 Å². The lowest BCUT2D eigenvalue weighted by Gasteiger charge is -2.13. The highest BCUT2D eigenvalue weighted by Crippen LogP contribution is 2.10. The number of carboxylic acids is 1. The number of carboxylic acid groups (broad SMARTS) is 1. The number of hydrogen-bond donors (Lipinski definition) is 3. The Morgan fingerprint density at radius 2 is 2.21 bits per heavy atom. The van der Waals surface area contributed by atoms with Gasteiger partial charge in [0.2, 0.25) is 0 Å². The average molecular weight is 285 g/mol. The van der Waals surface area contributed by atoms with Gasteiger partial charge >= 0.3 is 12.0 Å². The van der Waals surface area contributed by atoms with Crippen LogP contribution in [-0.4, -0.2) is 28.6 Å². The molecule has 0 saturated carbocycles. The number of aromatic nitrogens is 1. The second kappa shape index (κ2) is 7.73. The van der Waals surface area contributed by atoms with Gasteiger partial charge in [-0.05, 0) is 12.8 Å². The molecule has 1 unspecified atom stereocenters. The molecular weight excluding hydrogens is 266 g/mol. The van der Waals surface area contributed by atoms with Crippen LogP contribution in [0.2, 0.25) is 0 Å². The Labute approximate surface area is 116 Å². The second-order valence-electron chi connectivity index (χ2n) is 4.28. The van der Waals surface area contributed by atoms with Gasteiger partial charge in [0, 0.05) is 24.0 Å². The molecule has 2 amide bonds. The number of carbonyl (C=O) groups is 2. The summed E-state index contributed by atoms with van der Waals surface area (Å²) in [6, 6.07) is -0.283. The predicted octanol–water partition coefficient (Wildman–Crippen LogP) is 1.75. The zero-order valence-corrected chi connectivity index (χ0v) is 11.9. The van der Waals surface area contributed by atoms with Crippen LogP contribution >= 0.6 is 11.3 Å². The van der Waals surface area contributed by atoms with Crippen LogP contribution in [0.25, 0.3) is 0 Å². The first-order valence-corrected chi connectivity index (χ1v) is 6.97. The van der Waals surface area contributed by atoms with Crippen molar-refractivity contribution >= 4 is 23.3 Å². The molecule has 106 valence electrons. The monoisotopic (exact) mass is 285 g/mol. The topological polar surface area (TPSA) is 91.3 Å². The Morgan fingerprint density at radius 3 is 2.74 bits per heavy atom. The average Bonchev–Trinajstić information content (AvgIpc) is 2.77. The van der Waals surface area contributed by atoms with Gasteiger partial charge in [0.05, 0.1) is 11.6 Å². The first kappa shape index (κ1) is 15.4. The van der Waals surface area contributed by atoms with Crippen molar-refractivity contribution in [2.45, 2.75) is 33.2 Å². The van der Waals surface area contributed by atoms with Crippen molar-refractivity contribution in [3.63, 3.8) is 0 Å². The third-order valence-electron chi connectivity index (χ3n) is 2.68. The number of aliphatic carboxylic acids is 1. The number of carbonyl (C=O) groups excluding carboxylic acids is 1. The van der Waals surface area contributed by atoms with Gasteiger partial charge in [0.15, 0.2) is 0 Å². The van der Waals surface area contributed by atoms with Crippen molar-refractivity contribution in [3.05, 3.63) is 16.1 Å². The minimum absolute atomic E-state index is 0.0334. The number of hydrogen-bond acceptors (Lipinski definition) is 4. The molecule has 3 N–H and O–H groups in total. The van der Waals surface area contributed by atoms with Crippen LogP contribution in [-0.2, 0) is 11.3 Å². The highest BCUT2D eigenvalue weighted by molar-refractivity contribution is 7.11. The van der Waals surface area contributed by atoms with Gasteiger partial charge in [-0.1, -0.05) is 13.3 Å². The molecule has 1 heterocycles. The van der Waals surface area contributed by atoms with E-state index in [1.54, 1.807) is 6.20 Å². The third-order valence-corrected chi connectivity index (χ3v) is 3.60. The fraction of sp³-hybridized carbons (Fsp3) is 0.583. The number of aryl methyl sites for hydroxylation is 1. The zero-order valence-electron chi connectivity index (χ0n) is 11.1. The van der Waals surface area contributed by atoms with E-state index in [-0.39, 0.29) is 18.4 Å². The second-order valence-corrected chi connectivity index (χ2v) is 5.60. The fourth-order valence-electron chi connectivity index (χ4n) is 1.56. The summed E-state index contributed by atoms with van der Waals surface area (Å²) < 4.78 is 0. The maximum absolute atomic E-state index is 11.5. The smallest absolute Gasteiger partial charge is 0.315 e.